The van der Waals surface area contributed by atoms with Crippen molar-refractivity contribution in [2.45, 2.75) is 45.1 Å². The van der Waals surface area contributed by atoms with Gasteiger partial charge in [0.1, 0.15) is 6.54 Å². The Bertz CT molecular complexity index is 1010. The highest BCUT2D eigenvalue weighted by molar-refractivity contribution is 7.15. The fourth-order valence-electron chi connectivity index (χ4n) is 3.64. The average Bonchev–Trinajstić information content (AvgIpc) is 3.26. The second-order valence-electron chi connectivity index (χ2n) is 7.21. The Hall–Kier alpha value is -3.07. The number of carbonyl (C=O) groups is 4. The second kappa shape index (κ2) is 8.35. The molecule has 4 rings (SSSR count). The number of esters is 1. The van der Waals surface area contributed by atoms with Crippen LogP contribution < -0.4 is 10.2 Å². The van der Waals surface area contributed by atoms with Gasteiger partial charge in [-0.1, -0.05) is 19.1 Å². The Morgan fingerprint density at radius 3 is 2.77 bits per heavy atom. The molecule has 0 saturated heterocycles. The van der Waals surface area contributed by atoms with Crippen molar-refractivity contribution in [3.05, 3.63) is 40.4 Å². The zero-order chi connectivity index (χ0) is 21.3. The fraction of sp³-hybridized carbons (Fsp3) is 0.381. The lowest BCUT2D eigenvalue weighted by molar-refractivity contribution is -0.153. The summed E-state index contributed by atoms with van der Waals surface area (Å²) < 4.78 is 5.32. The molecule has 0 radical (unpaired) electrons. The standard InChI is InChI=1S/C21H21N3O5S/c1-2-15(19(27)23-21-22-13-8-4-6-10-16(13)30-21)29-17(25)11-24-14-9-5-3-7-12(14)18(26)20(24)28/h3,5,7,9,15H,2,4,6,8,10-11H2,1H3,(H,22,23,27). The van der Waals surface area contributed by atoms with E-state index in [0.717, 1.165) is 36.3 Å². The molecule has 2 heterocycles. The third-order valence-corrected chi connectivity index (χ3v) is 6.25. The number of rotatable bonds is 6. The minimum atomic E-state index is -1.01. The first-order valence-electron chi connectivity index (χ1n) is 9.92. The number of Topliss-reactive ketones (excluding diaryl/α,β-unsaturated/α-hetero) is 1. The lowest BCUT2D eigenvalue weighted by Gasteiger charge is -2.19. The Balaban J connectivity index is 1.39. The molecule has 1 aromatic carbocycles. The minimum Gasteiger partial charge on any atom is -0.451 e. The molecule has 1 aliphatic carbocycles. The van der Waals surface area contributed by atoms with Gasteiger partial charge in [-0.05, 0) is 44.2 Å². The second-order valence-corrected chi connectivity index (χ2v) is 8.29. The van der Waals surface area contributed by atoms with Crippen LogP contribution in [-0.4, -0.2) is 41.2 Å². The molecule has 30 heavy (non-hydrogen) atoms. The van der Waals surface area contributed by atoms with E-state index >= 15 is 0 Å². The maximum absolute atomic E-state index is 12.6. The van der Waals surface area contributed by atoms with E-state index in [1.165, 1.54) is 22.3 Å². The van der Waals surface area contributed by atoms with E-state index in [4.69, 9.17) is 4.74 Å². The molecule has 0 saturated carbocycles. The fourth-order valence-corrected chi connectivity index (χ4v) is 4.70. The van der Waals surface area contributed by atoms with Gasteiger partial charge < -0.3 is 4.74 Å². The lowest BCUT2D eigenvalue weighted by Crippen LogP contribution is -2.39. The van der Waals surface area contributed by atoms with Crippen molar-refractivity contribution in [2.75, 3.05) is 16.8 Å². The zero-order valence-electron chi connectivity index (χ0n) is 16.5. The van der Waals surface area contributed by atoms with Gasteiger partial charge in [-0.15, -0.1) is 11.3 Å². The average molecular weight is 427 g/mol. The molecule has 8 nitrogen and oxygen atoms in total. The van der Waals surface area contributed by atoms with Crippen molar-refractivity contribution < 1.29 is 23.9 Å². The number of ketones is 1. The molecule has 1 atom stereocenters. The van der Waals surface area contributed by atoms with E-state index in [1.807, 2.05) is 0 Å². The van der Waals surface area contributed by atoms with Gasteiger partial charge in [0.2, 0.25) is 0 Å². The van der Waals surface area contributed by atoms with Gasteiger partial charge in [-0.25, -0.2) is 4.98 Å². The summed E-state index contributed by atoms with van der Waals surface area (Å²) in [4.78, 5) is 56.0. The van der Waals surface area contributed by atoms with Gasteiger partial charge in [0, 0.05) is 4.88 Å². The Morgan fingerprint density at radius 1 is 1.23 bits per heavy atom. The van der Waals surface area contributed by atoms with Crippen molar-refractivity contribution in [1.82, 2.24) is 4.98 Å². The number of amides is 2. The number of para-hydroxylation sites is 1. The number of aryl methyl sites for hydroxylation is 2. The van der Waals surface area contributed by atoms with Crippen LogP contribution in [0.25, 0.3) is 0 Å². The summed E-state index contributed by atoms with van der Waals surface area (Å²) in [5.74, 6) is -2.65. The van der Waals surface area contributed by atoms with Crippen molar-refractivity contribution in [1.29, 1.82) is 0 Å². The maximum atomic E-state index is 12.6. The van der Waals surface area contributed by atoms with E-state index in [9.17, 15) is 19.2 Å². The largest absolute Gasteiger partial charge is 0.451 e. The highest BCUT2D eigenvalue weighted by Gasteiger charge is 2.37. The van der Waals surface area contributed by atoms with Crippen LogP contribution in [0.3, 0.4) is 0 Å². The third kappa shape index (κ3) is 3.85. The number of thiazole rings is 1. The summed E-state index contributed by atoms with van der Waals surface area (Å²) in [5.41, 5.74) is 1.66. The van der Waals surface area contributed by atoms with E-state index in [-0.39, 0.29) is 12.0 Å². The number of hydrogen-bond donors (Lipinski definition) is 1. The normalized spacial score (nSPS) is 16.1. The van der Waals surface area contributed by atoms with Gasteiger partial charge in [0.05, 0.1) is 16.9 Å². The number of nitrogens with zero attached hydrogens (tertiary/aromatic N) is 2. The Labute approximate surface area is 177 Å². The van der Waals surface area contributed by atoms with Crippen molar-refractivity contribution in [3.8, 4) is 0 Å². The molecule has 1 unspecified atom stereocenters. The van der Waals surface area contributed by atoms with Crippen LogP contribution >= 0.6 is 11.3 Å². The maximum Gasteiger partial charge on any atom is 0.326 e. The summed E-state index contributed by atoms with van der Waals surface area (Å²) in [6.45, 7) is 1.29. The van der Waals surface area contributed by atoms with E-state index in [2.05, 4.69) is 10.3 Å². The molecule has 2 amide bonds. The molecular weight excluding hydrogens is 406 g/mol. The number of aromatic nitrogens is 1. The third-order valence-electron chi connectivity index (χ3n) is 5.18. The molecule has 0 fully saturated rings. The van der Waals surface area contributed by atoms with Crippen LogP contribution in [0.1, 0.15) is 47.1 Å². The number of anilines is 2. The first-order chi connectivity index (χ1) is 14.5. The number of hydrogen-bond acceptors (Lipinski definition) is 7. The molecule has 2 aliphatic rings. The Kier molecular flexibility index (Phi) is 5.63. The van der Waals surface area contributed by atoms with Gasteiger partial charge in [0.15, 0.2) is 11.2 Å². The van der Waals surface area contributed by atoms with Crippen LogP contribution in [0.2, 0.25) is 0 Å². The van der Waals surface area contributed by atoms with Crippen LogP contribution in [0.4, 0.5) is 10.8 Å². The van der Waals surface area contributed by atoms with Crippen LogP contribution in [0.5, 0.6) is 0 Å². The molecule has 2 aromatic rings. The number of fused-ring (bicyclic) bond motifs is 2. The number of benzene rings is 1. The summed E-state index contributed by atoms with van der Waals surface area (Å²) in [7, 11) is 0. The van der Waals surface area contributed by atoms with Crippen LogP contribution in [0.15, 0.2) is 24.3 Å². The SMILES string of the molecule is CCC(OC(=O)CN1C(=O)C(=O)c2ccccc21)C(=O)Nc1nc2c(s1)CCCC2. The first kappa shape index (κ1) is 20.2. The summed E-state index contributed by atoms with van der Waals surface area (Å²) >= 11 is 1.46. The number of nitrogens with one attached hydrogen (secondary N) is 1. The van der Waals surface area contributed by atoms with Crippen molar-refractivity contribution in [3.63, 3.8) is 0 Å². The summed E-state index contributed by atoms with van der Waals surface area (Å²) in [6, 6.07) is 6.47. The molecular formula is C21H21N3O5S. The molecule has 0 bridgehead atoms. The van der Waals surface area contributed by atoms with Gasteiger partial charge in [-0.3, -0.25) is 29.4 Å². The van der Waals surface area contributed by atoms with Crippen LogP contribution in [0, 0.1) is 0 Å². The summed E-state index contributed by atoms with van der Waals surface area (Å²) in [5, 5.41) is 3.25. The molecule has 1 aliphatic heterocycles. The van der Waals surface area contributed by atoms with Crippen LogP contribution in [-0.2, 0) is 32.0 Å². The smallest absolute Gasteiger partial charge is 0.326 e. The predicted molar refractivity (Wildman–Crippen MR) is 111 cm³/mol. The van der Waals surface area contributed by atoms with E-state index in [0.29, 0.717) is 10.8 Å². The quantitative estimate of drug-likeness (QED) is 0.561. The number of ether oxygens (including phenoxy) is 1. The number of carbonyl (C=O) groups excluding carboxylic acids is 4. The molecule has 0 spiro atoms. The molecule has 156 valence electrons. The lowest BCUT2D eigenvalue weighted by atomic mass is 10.0. The van der Waals surface area contributed by atoms with E-state index in [1.54, 1.807) is 25.1 Å². The first-order valence-corrected chi connectivity index (χ1v) is 10.7. The molecule has 1 aromatic heterocycles. The summed E-state index contributed by atoms with van der Waals surface area (Å²) in [6.07, 6.45) is 3.37. The van der Waals surface area contributed by atoms with Gasteiger partial charge >= 0.3 is 5.97 Å². The predicted octanol–water partition coefficient (Wildman–Crippen LogP) is 2.51. The topological polar surface area (TPSA) is 106 Å². The van der Waals surface area contributed by atoms with Gasteiger partial charge in [-0.2, -0.15) is 0 Å². The van der Waals surface area contributed by atoms with Gasteiger partial charge in [0.25, 0.3) is 17.6 Å². The minimum absolute atomic E-state index is 0.257. The Morgan fingerprint density at radius 2 is 2.00 bits per heavy atom. The van der Waals surface area contributed by atoms with Crippen molar-refractivity contribution >= 4 is 45.7 Å². The molecule has 1 N–H and O–H groups in total. The highest BCUT2D eigenvalue weighted by atomic mass is 32.1. The van der Waals surface area contributed by atoms with Crippen molar-refractivity contribution in [2.24, 2.45) is 0 Å². The van der Waals surface area contributed by atoms with E-state index < -0.39 is 36.2 Å². The monoisotopic (exact) mass is 427 g/mol. The zero-order valence-corrected chi connectivity index (χ0v) is 17.3. The molecule has 9 heteroatoms. The highest BCUT2D eigenvalue weighted by Crippen LogP contribution is 2.30.